The highest BCUT2D eigenvalue weighted by Crippen LogP contribution is 2.26. The lowest BCUT2D eigenvalue weighted by atomic mass is 9.99. The lowest BCUT2D eigenvalue weighted by Crippen LogP contribution is -2.32. The molecular formula is C15H18ClN3O. The standard InChI is InChI=1S/C15H18ClN3O/c1-11-6-8-19(9-7-11)10-14-17-18-15(20-14)12-4-2-3-5-13(12)16/h2-5,11H,6-10H2,1H3. The van der Waals surface area contributed by atoms with Gasteiger partial charge in [0.15, 0.2) is 0 Å². The van der Waals surface area contributed by atoms with Crippen molar-refractivity contribution in [3.05, 3.63) is 35.2 Å². The van der Waals surface area contributed by atoms with Gasteiger partial charge in [-0.1, -0.05) is 30.7 Å². The summed E-state index contributed by atoms with van der Waals surface area (Å²) >= 11 is 6.14. The van der Waals surface area contributed by atoms with Crippen molar-refractivity contribution in [3.63, 3.8) is 0 Å². The molecule has 5 heteroatoms. The van der Waals surface area contributed by atoms with E-state index < -0.39 is 0 Å². The topological polar surface area (TPSA) is 42.2 Å². The molecule has 1 aromatic carbocycles. The van der Waals surface area contributed by atoms with E-state index in [1.54, 1.807) is 0 Å². The van der Waals surface area contributed by atoms with Gasteiger partial charge in [0.1, 0.15) is 0 Å². The maximum atomic E-state index is 6.14. The number of piperidine rings is 1. The van der Waals surface area contributed by atoms with Gasteiger partial charge in [-0.25, -0.2) is 0 Å². The molecule has 0 unspecified atom stereocenters. The molecular weight excluding hydrogens is 274 g/mol. The third kappa shape index (κ3) is 3.02. The van der Waals surface area contributed by atoms with Gasteiger partial charge in [0, 0.05) is 0 Å². The van der Waals surface area contributed by atoms with Crippen molar-refractivity contribution < 1.29 is 4.42 Å². The Hall–Kier alpha value is -1.39. The Labute approximate surface area is 123 Å². The van der Waals surface area contributed by atoms with E-state index in [2.05, 4.69) is 22.0 Å². The SMILES string of the molecule is CC1CCN(Cc2nnc(-c3ccccc3Cl)o2)CC1. The highest BCUT2D eigenvalue weighted by atomic mass is 35.5. The van der Waals surface area contributed by atoms with E-state index >= 15 is 0 Å². The van der Waals surface area contributed by atoms with Gasteiger partial charge in [-0.2, -0.15) is 0 Å². The molecule has 4 nitrogen and oxygen atoms in total. The number of rotatable bonds is 3. The maximum Gasteiger partial charge on any atom is 0.249 e. The van der Waals surface area contributed by atoms with Crippen LogP contribution >= 0.6 is 11.6 Å². The second-order valence-electron chi connectivity index (χ2n) is 5.44. The Kier molecular flexibility index (Phi) is 4.03. The van der Waals surface area contributed by atoms with Crippen LogP contribution in [0, 0.1) is 5.92 Å². The van der Waals surface area contributed by atoms with E-state index in [0.717, 1.165) is 31.1 Å². The van der Waals surface area contributed by atoms with Crippen LogP contribution in [-0.4, -0.2) is 28.2 Å². The number of hydrogen-bond acceptors (Lipinski definition) is 4. The van der Waals surface area contributed by atoms with Crippen LogP contribution in [0.2, 0.25) is 5.02 Å². The van der Waals surface area contributed by atoms with Gasteiger partial charge in [-0.05, 0) is 44.0 Å². The van der Waals surface area contributed by atoms with E-state index in [1.165, 1.54) is 12.8 Å². The third-order valence-corrected chi connectivity index (χ3v) is 4.14. The second-order valence-corrected chi connectivity index (χ2v) is 5.85. The molecule has 2 heterocycles. The first-order valence-corrected chi connectivity index (χ1v) is 7.40. The predicted octanol–water partition coefficient (Wildman–Crippen LogP) is 3.62. The number of hydrogen-bond donors (Lipinski definition) is 0. The Morgan fingerprint density at radius 2 is 2.00 bits per heavy atom. The summed E-state index contributed by atoms with van der Waals surface area (Å²) < 4.78 is 5.73. The van der Waals surface area contributed by atoms with Crippen molar-refractivity contribution in [2.45, 2.75) is 26.3 Å². The molecule has 20 heavy (non-hydrogen) atoms. The van der Waals surface area contributed by atoms with Gasteiger partial charge >= 0.3 is 0 Å². The summed E-state index contributed by atoms with van der Waals surface area (Å²) in [5.74, 6) is 1.98. The van der Waals surface area contributed by atoms with Crippen molar-refractivity contribution in [2.24, 2.45) is 5.92 Å². The van der Waals surface area contributed by atoms with Crippen LogP contribution in [0.25, 0.3) is 11.5 Å². The molecule has 1 fully saturated rings. The highest BCUT2D eigenvalue weighted by Gasteiger charge is 2.18. The number of nitrogens with zero attached hydrogens (tertiary/aromatic N) is 3. The molecule has 2 aromatic rings. The highest BCUT2D eigenvalue weighted by molar-refractivity contribution is 6.33. The minimum Gasteiger partial charge on any atom is -0.419 e. The van der Waals surface area contributed by atoms with Crippen molar-refractivity contribution in [1.29, 1.82) is 0 Å². The van der Waals surface area contributed by atoms with Gasteiger partial charge < -0.3 is 4.42 Å². The third-order valence-electron chi connectivity index (χ3n) is 3.81. The molecule has 0 N–H and O–H groups in total. The smallest absolute Gasteiger partial charge is 0.249 e. The Morgan fingerprint density at radius 1 is 1.25 bits per heavy atom. The predicted molar refractivity (Wildman–Crippen MR) is 78.4 cm³/mol. The fourth-order valence-corrected chi connectivity index (χ4v) is 2.69. The molecule has 0 spiro atoms. The normalized spacial score (nSPS) is 17.5. The van der Waals surface area contributed by atoms with Gasteiger partial charge in [-0.15, -0.1) is 10.2 Å². The zero-order valence-corrected chi connectivity index (χ0v) is 12.3. The monoisotopic (exact) mass is 291 g/mol. The van der Waals surface area contributed by atoms with E-state index in [0.29, 0.717) is 16.8 Å². The van der Waals surface area contributed by atoms with E-state index in [9.17, 15) is 0 Å². The first-order chi connectivity index (χ1) is 9.72. The largest absolute Gasteiger partial charge is 0.419 e. The molecule has 0 atom stereocenters. The van der Waals surface area contributed by atoms with Crippen molar-refractivity contribution in [3.8, 4) is 11.5 Å². The number of halogens is 1. The summed E-state index contributed by atoms with van der Waals surface area (Å²) in [5.41, 5.74) is 0.792. The minimum atomic E-state index is 0.496. The summed E-state index contributed by atoms with van der Waals surface area (Å²) in [4.78, 5) is 2.36. The fraction of sp³-hybridized carbons (Fsp3) is 0.467. The molecule has 3 rings (SSSR count). The van der Waals surface area contributed by atoms with Crippen LogP contribution < -0.4 is 0 Å². The van der Waals surface area contributed by atoms with Crippen molar-refractivity contribution in [1.82, 2.24) is 15.1 Å². The number of likely N-dealkylation sites (tertiary alicyclic amines) is 1. The minimum absolute atomic E-state index is 0.496. The summed E-state index contributed by atoms with van der Waals surface area (Å²) in [7, 11) is 0. The average Bonchev–Trinajstić information content (AvgIpc) is 2.90. The lowest BCUT2D eigenvalue weighted by Gasteiger charge is -2.28. The van der Waals surface area contributed by atoms with E-state index in [4.69, 9.17) is 16.0 Å². The molecule has 106 valence electrons. The first-order valence-electron chi connectivity index (χ1n) is 7.02. The summed E-state index contributed by atoms with van der Waals surface area (Å²) in [6, 6.07) is 7.52. The van der Waals surface area contributed by atoms with Crippen LogP contribution in [-0.2, 0) is 6.54 Å². The average molecular weight is 292 g/mol. The fourth-order valence-electron chi connectivity index (χ4n) is 2.47. The van der Waals surface area contributed by atoms with Crippen LogP contribution in [0.5, 0.6) is 0 Å². The van der Waals surface area contributed by atoms with E-state index in [-0.39, 0.29) is 0 Å². The van der Waals surface area contributed by atoms with E-state index in [1.807, 2.05) is 24.3 Å². The van der Waals surface area contributed by atoms with Crippen molar-refractivity contribution in [2.75, 3.05) is 13.1 Å². The molecule has 1 aliphatic rings. The van der Waals surface area contributed by atoms with Crippen LogP contribution in [0.4, 0.5) is 0 Å². The Balaban J connectivity index is 1.70. The molecule has 0 radical (unpaired) electrons. The van der Waals surface area contributed by atoms with Gasteiger partial charge in [0.25, 0.3) is 0 Å². The number of benzene rings is 1. The quantitative estimate of drug-likeness (QED) is 0.866. The Bertz CT molecular complexity index is 576. The second kappa shape index (κ2) is 5.94. The summed E-state index contributed by atoms with van der Waals surface area (Å²) in [6.07, 6.45) is 2.48. The van der Waals surface area contributed by atoms with Crippen LogP contribution in [0.15, 0.2) is 28.7 Å². The molecule has 0 amide bonds. The van der Waals surface area contributed by atoms with Gasteiger partial charge in [-0.3, -0.25) is 4.90 Å². The zero-order valence-electron chi connectivity index (χ0n) is 11.6. The molecule has 1 aromatic heterocycles. The lowest BCUT2D eigenvalue weighted by molar-refractivity contribution is 0.171. The van der Waals surface area contributed by atoms with Crippen LogP contribution in [0.1, 0.15) is 25.7 Å². The van der Waals surface area contributed by atoms with Gasteiger partial charge in [0.2, 0.25) is 11.8 Å². The Morgan fingerprint density at radius 3 is 2.75 bits per heavy atom. The maximum absolute atomic E-state index is 6.14. The van der Waals surface area contributed by atoms with Crippen molar-refractivity contribution >= 4 is 11.6 Å². The first kappa shape index (κ1) is 13.6. The molecule has 0 aliphatic carbocycles. The van der Waals surface area contributed by atoms with Gasteiger partial charge in [0.05, 0.1) is 17.1 Å². The molecule has 1 saturated heterocycles. The zero-order chi connectivity index (χ0) is 13.9. The molecule has 0 saturated carbocycles. The number of aromatic nitrogens is 2. The summed E-state index contributed by atoms with van der Waals surface area (Å²) in [6.45, 7) is 5.24. The van der Waals surface area contributed by atoms with Crippen LogP contribution in [0.3, 0.4) is 0 Å². The molecule has 0 bridgehead atoms. The summed E-state index contributed by atoms with van der Waals surface area (Å²) in [5, 5.41) is 8.86. The molecule has 1 aliphatic heterocycles.